The molecule has 0 saturated carbocycles. The van der Waals surface area contributed by atoms with Crippen molar-refractivity contribution in [2.45, 2.75) is 5.75 Å². The Balaban J connectivity index is 0.00000128. The zero-order valence-corrected chi connectivity index (χ0v) is 12.0. The van der Waals surface area contributed by atoms with Crippen molar-refractivity contribution in [3.05, 3.63) is 27.6 Å². The molecule has 0 radical (unpaired) electrons. The minimum atomic E-state index is -0.121. The van der Waals surface area contributed by atoms with Gasteiger partial charge in [0.15, 0.2) is 0 Å². The van der Waals surface area contributed by atoms with Crippen LogP contribution in [0.1, 0.15) is 5.69 Å². The molecular weight excluding hydrogens is 303 g/mol. The number of fused-ring (bicyclic) bond motifs is 1. The number of thioether (sulfide) groups is 1. The largest absolute Gasteiger partial charge is 0.330 e. The van der Waals surface area contributed by atoms with Gasteiger partial charge in [0.05, 0.1) is 5.69 Å². The molecule has 17 heavy (non-hydrogen) atoms. The predicted octanol–water partition coefficient (Wildman–Crippen LogP) is 1.19. The van der Waals surface area contributed by atoms with Crippen LogP contribution < -0.4 is 11.3 Å². The number of hydrogen-bond acceptors (Lipinski definition) is 6. The Morgan fingerprint density at radius 2 is 2.24 bits per heavy atom. The third kappa shape index (κ3) is 4.11. The van der Waals surface area contributed by atoms with Gasteiger partial charge in [0.2, 0.25) is 4.96 Å². The van der Waals surface area contributed by atoms with Crippen molar-refractivity contribution < 1.29 is 0 Å². The first-order valence-corrected chi connectivity index (χ1v) is 6.45. The molecule has 0 amide bonds. The zero-order valence-electron chi connectivity index (χ0n) is 8.74. The maximum atomic E-state index is 11.5. The number of rotatable bonds is 4. The second-order valence-electron chi connectivity index (χ2n) is 2.86. The van der Waals surface area contributed by atoms with E-state index < -0.39 is 0 Å². The summed E-state index contributed by atoms with van der Waals surface area (Å²) >= 11 is 3.04. The van der Waals surface area contributed by atoms with Crippen LogP contribution in [0.15, 0.2) is 16.4 Å². The maximum absolute atomic E-state index is 11.5. The van der Waals surface area contributed by atoms with E-state index in [1.54, 1.807) is 17.3 Å². The predicted molar refractivity (Wildman–Crippen MR) is 76.8 cm³/mol. The standard InChI is InChI=1S/C8H10N4OS2.2ClH/c9-1-2-14-4-6-3-7(13)12-8(11-6)15-5-10-12;;/h3,5H,1-2,4,9H2;2*1H. The van der Waals surface area contributed by atoms with Crippen molar-refractivity contribution in [2.75, 3.05) is 12.3 Å². The Morgan fingerprint density at radius 3 is 2.94 bits per heavy atom. The van der Waals surface area contributed by atoms with E-state index in [4.69, 9.17) is 5.73 Å². The Morgan fingerprint density at radius 1 is 1.47 bits per heavy atom. The van der Waals surface area contributed by atoms with Crippen LogP contribution in [0, 0.1) is 0 Å². The molecule has 0 aliphatic carbocycles. The smallest absolute Gasteiger partial charge is 0.275 e. The first-order chi connectivity index (χ1) is 7.31. The Hall–Kier alpha value is -0.340. The fourth-order valence-electron chi connectivity index (χ4n) is 1.13. The van der Waals surface area contributed by atoms with E-state index in [0.29, 0.717) is 11.5 Å². The van der Waals surface area contributed by atoms with Gasteiger partial charge in [0, 0.05) is 24.1 Å². The van der Waals surface area contributed by atoms with Crippen LogP contribution in [0.5, 0.6) is 0 Å². The average molecular weight is 315 g/mol. The lowest BCUT2D eigenvalue weighted by Gasteiger charge is -1.99. The van der Waals surface area contributed by atoms with Gasteiger partial charge in [-0.15, -0.1) is 24.8 Å². The van der Waals surface area contributed by atoms with E-state index in [-0.39, 0.29) is 30.4 Å². The van der Waals surface area contributed by atoms with E-state index in [0.717, 1.165) is 17.2 Å². The third-order valence-electron chi connectivity index (χ3n) is 1.75. The van der Waals surface area contributed by atoms with Crippen LogP contribution in [0.2, 0.25) is 0 Å². The number of nitrogens with zero attached hydrogens (tertiary/aromatic N) is 3. The molecule has 0 bridgehead atoms. The van der Waals surface area contributed by atoms with Crippen molar-refractivity contribution in [3.63, 3.8) is 0 Å². The normalized spacial score (nSPS) is 9.71. The zero-order chi connectivity index (χ0) is 10.7. The summed E-state index contributed by atoms with van der Waals surface area (Å²) in [5.74, 6) is 1.60. The first-order valence-electron chi connectivity index (χ1n) is 4.41. The maximum Gasteiger partial charge on any atom is 0.275 e. The lowest BCUT2D eigenvalue weighted by molar-refractivity contribution is 0.888. The molecule has 0 atom stereocenters. The molecule has 0 aliphatic heterocycles. The van der Waals surface area contributed by atoms with E-state index >= 15 is 0 Å². The first kappa shape index (κ1) is 16.7. The fourth-order valence-corrected chi connectivity index (χ4v) is 2.45. The highest BCUT2D eigenvalue weighted by Gasteiger charge is 2.03. The molecule has 2 aromatic rings. The van der Waals surface area contributed by atoms with Gasteiger partial charge in [0.25, 0.3) is 5.56 Å². The molecule has 0 fully saturated rings. The van der Waals surface area contributed by atoms with Crippen molar-refractivity contribution >= 4 is 52.9 Å². The monoisotopic (exact) mass is 314 g/mol. The second kappa shape index (κ2) is 7.88. The summed E-state index contributed by atoms with van der Waals surface area (Å²) < 4.78 is 1.31. The van der Waals surface area contributed by atoms with Gasteiger partial charge in [-0.3, -0.25) is 4.79 Å². The third-order valence-corrected chi connectivity index (χ3v) is 3.45. The molecule has 0 aromatic carbocycles. The van der Waals surface area contributed by atoms with E-state index in [1.165, 1.54) is 21.9 Å². The van der Waals surface area contributed by atoms with Crippen LogP contribution in [-0.2, 0) is 5.75 Å². The summed E-state index contributed by atoms with van der Waals surface area (Å²) in [5, 5.41) is 3.89. The fraction of sp³-hybridized carbons (Fsp3) is 0.375. The number of aromatic nitrogens is 3. The van der Waals surface area contributed by atoms with Crippen molar-refractivity contribution in [3.8, 4) is 0 Å². The average Bonchev–Trinajstić information content (AvgIpc) is 2.66. The van der Waals surface area contributed by atoms with Gasteiger partial charge >= 0.3 is 0 Å². The summed E-state index contributed by atoms with van der Waals surface area (Å²) in [6.45, 7) is 0.645. The highest BCUT2D eigenvalue weighted by Crippen LogP contribution is 2.10. The number of hydrogen-bond donors (Lipinski definition) is 1. The molecule has 0 spiro atoms. The van der Waals surface area contributed by atoms with Gasteiger partial charge in [-0.25, -0.2) is 4.98 Å². The minimum absolute atomic E-state index is 0. The highest BCUT2D eigenvalue weighted by atomic mass is 35.5. The Labute approximate surface area is 119 Å². The molecule has 96 valence electrons. The number of halogens is 2. The molecule has 2 aromatic heterocycles. The quantitative estimate of drug-likeness (QED) is 0.858. The van der Waals surface area contributed by atoms with Gasteiger partial charge in [0.1, 0.15) is 5.51 Å². The molecule has 9 heteroatoms. The van der Waals surface area contributed by atoms with Crippen LogP contribution in [0.3, 0.4) is 0 Å². The molecule has 2 heterocycles. The number of nitrogens with two attached hydrogens (primary N) is 1. The molecule has 0 unspecified atom stereocenters. The lowest BCUT2D eigenvalue weighted by atomic mass is 10.4. The summed E-state index contributed by atoms with van der Waals surface area (Å²) in [6.07, 6.45) is 0. The van der Waals surface area contributed by atoms with Crippen molar-refractivity contribution in [2.24, 2.45) is 5.73 Å². The second-order valence-corrected chi connectivity index (χ2v) is 4.78. The topological polar surface area (TPSA) is 73.3 Å². The molecule has 2 N–H and O–H groups in total. The van der Waals surface area contributed by atoms with Gasteiger partial charge < -0.3 is 5.73 Å². The van der Waals surface area contributed by atoms with Crippen molar-refractivity contribution in [1.82, 2.24) is 14.6 Å². The molecular formula is C8H12Cl2N4OS2. The highest BCUT2D eigenvalue weighted by molar-refractivity contribution is 7.98. The van der Waals surface area contributed by atoms with Gasteiger partial charge in [-0.2, -0.15) is 21.4 Å². The molecule has 0 aliphatic rings. The summed E-state index contributed by atoms with van der Waals surface area (Å²) in [4.78, 5) is 16.5. The van der Waals surface area contributed by atoms with Gasteiger partial charge in [-0.1, -0.05) is 11.3 Å². The molecule has 2 rings (SSSR count). The Kier molecular flexibility index (Phi) is 7.73. The van der Waals surface area contributed by atoms with Crippen molar-refractivity contribution in [1.29, 1.82) is 0 Å². The van der Waals surface area contributed by atoms with Crippen LogP contribution in [0.4, 0.5) is 0 Å². The SMILES string of the molecule is Cl.Cl.NCCSCc1cc(=O)n2ncsc2n1. The van der Waals surface area contributed by atoms with E-state index in [1.807, 2.05) is 0 Å². The van der Waals surface area contributed by atoms with E-state index in [9.17, 15) is 4.79 Å². The van der Waals surface area contributed by atoms with Crippen LogP contribution in [-0.4, -0.2) is 26.9 Å². The van der Waals surface area contributed by atoms with Crippen LogP contribution in [0.25, 0.3) is 4.96 Å². The molecule has 5 nitrogen and oxygen atoms in total. The van der Waals surface area contributed by atoms with Gasteiger partial charge in [-0.05, 0) is 0 Å². The lowest BCUT2D eigenvalue weighted by Crippen LogP contribution is -2.15. The minimum Gasteiger partial charge on any atom is -0.330 e. The molecule has 0 saturated heterocycles. The summed E-state index contributed by atoms with van der Waals surface area (Å²) in [6, 6.07) is 1.52. The van der Waals surface area contributed by atoms with E-state index in [2.05, 4.69) is 10.1 Å². The summed E-state index contributed by atoms with van der Waals surface area (Å²) in [5.41, 5.74) is 7.67. The Bertz CT molecular complexity index is 515. The summed E-state index contributed by atoms with van der Waals surface area (Å²) in [7, 11) is 0. The van der Waals surface area contributed by atoms with Crippen LogP contribution >= 0.6 is 47.9 Å².